The molecule has 0 saturated heterocycles. The molecule has 0 aliphatic carbocycles. The van der Waals surface area contributed by atoms with E-state index in [-0.39, 0.29) is 11.8 Å². The summed E-state index contributed by atoms with van der Waals surface area (Å²) in [5.74, 6) is -0.642. The summed E-state index contributed by atoms with van der Waals surface area (Å²) < 4.78 is 0. The van der Waals surface area contributed by atoms with Crippen molar-refractivity contribution in [2.45, 2.75) is 13.8 Å². The number of rotatable bonds is 4. The van der Waals surface area contributed by atoms with Gasteiger partial charge in [0.2, 0.25) is 0 Å². The topological polar surface area (TPSA) is 49.4 Å². The molecule has 0 radical (unpaired) electrons. The van der Waals surface area contributed by atoms with E-state index in [1.165, 1.54) is 16.2 Å². The summed E-state index contributed by atoms with van der Waals surface area (Å²) in [7, 11) is 0. The summed E-state index contributed by atoms with van der Waals surface area (Å²) in [6, 6.07) is 18.8. The first-order chi connectivity index (χ1) is 13.1. The number of anilines is 2. The summed E-state index contributed by atoms with van der Waals surface area (Å²) in [4.78, 5) is 28.4. The molecule has 0 saturated carbocycles. The third-order valence-corrected chi connectivity index (χ3v) is 5.41. The fraction of sp³-hybridized carbons (Fsp3) is 0.0909. The van der Waals surface area contributed by atoms with Crippen molar-refractivity contribution in [3.63, 3.8) is 0 Å². The fourth-order valence-electron chi connectivity index (χ4n) is 3.11. The van der Waals surface area contributed by atoms with Gasteiger partial charge in [-0.3, -0.25) is 9.59 Å². The van der Waals surface area contributed by atoms with Crippen LogP contribution in [0.15, 0.2) is 71.7 Å². The van der Waals surface area contributed by atoms with Crippen LogP contribution in [0.1, 0.15) is 16.0 Å². The van der Waals surface area contributed by atoms with Gasteiger partial charge < -0.3 is 5.32 Å². The SMILES string of the molecule is Cc1ccc(C)c(NC2=C(c3cccs3)C(=O)N(c3ccccc3)C2=O)c1. The van der Waals surface area contributed by atoms with Crippen LogP contribution in [-0.2, 0) is 9.59 Å². The van der Waals surface area contributed by atoms with Crippen LogP contribution in [-0.4, -0.2) is 11.8 Å². The largest absolute Gasteiger partial charge is 0.350 e. The molecular weight excluding hydrogens is 356 g/mol. The Bertz CT molecular complexity index is 1050. The van der Waals surface area contributed by atoms with E-state index in [2.05, 4.69) is 5.32 Å². The van der Waals surface area contributed by atoms with Crippen LogP contribution in [0, 0.1) is 13.8 Å². The van der Waals surface area contributed by atoms with E-state index in [0.717, 1.165) is 21.7 Å². The van der Waals surface area contributed by atoms with Gasteiger partial charge in [0.15, 0.2) is 0 Å². The lowest BCUT2D eigenvalue weighted by Crippen LogP contribution is -2.32. The van der Waals surface area contributed by atoms with Crippen LogP contribution in [0.4, 0.5) is 11.4 Å². The van der Waals surface area contributed by atoms with Gasteiger partial charge in [0.1, 0.15) is 5.70 Å². The van der Waals surface area contributed by atoms with E-state index in [1.807, 2.05) is 67.8 Å². The van der Waals surface area contributed by atoms with Crippen LogP contribution in [0.25, 0.3) is 5.57 Å². The number of thiophene rings is 1. The normalized spacial score (nSPS) is 14.2. The van der Waals surface area contributed by atoms with Crippen molar-refractivity contribution in [1.82, 2.24) is 0 Å². The van der Waals surface area contributed by atoms with Crippen molar-refractivity contribution >= 4 is 40.1 Å². The van der Waals surface area contributed by atoms with E-state index in [0.29, 0.717) is 17.0 Å². The molecule has 1 aliphatic rings. The van der Waals surface area contributed by atoms with Gasteiger partial charge in [0.25, 0.3) is 11.8 Å². The van der Waals surface area contributed by atoms with E-state index in [9.17, 15) is 9.59 Å². The predicted molar refractivity (Wildman–Crippen MR) is 110 cm³/mol. The number of aryl methyl sites for hydroxylation is 2. The summed E-state index contributed by atoms with van der Waals surface area (Å²) in [5.41, 5.74) is 4.23. The Balaban J connectivity index is 1.83. The highest BCUT2D eigenvalue weighted by atomic mass is 32.1. The number of hydrogen-bond acceptors (Lipinski definition) is 4. The molecule has 0 unspecified atom stereocenters. The zero-order valence-corrected chi connectivity index (χ0v) is 15.8. The molecular formula is C22H18N2O2S. The standard InChI is InChI=1S/C22H18N2O2S/c1-14-10-11-15(2)17(13-14)23-20-19(18-9-6-12-27-18)21(25)24(22(20)26)16-7-4-3-5-8-16/h3-13,23H,1-2H3. The molecule has 3 aromatic rings. The molecule has 134 valence electrons. The molecule has 5 heteroatoms. The molecule has 0 atom stereocenters. The lowest BCUT2D eigenvalue weighted by molar-refractivity contribution is -0.120. The molecule has 1 aliphatic heterocycles. The van der Waals surface area contributed by atoms with E-state index in [1.54, 1.807) is 12.1 Å². The van der Waals surface area contributed by atoms with Crippen LogP contribution in [0.5, 0.6) is 0 Å². The molecule has 0 fully saturated rings. The number of nitrogens with one attached hydrogen (secondary N) is 1. The number of carbonyl (C=O) groups excluding carboxylic acids is 2. The van der Waals surface area contributed by atoms with Crippen molar-refractivity contribution in [2.24, 2.45) is 0 Å². The van der Waals surface area contributed by atoms with Crippen molar-refractivity contribution < 1.29 is 9.59 Å². The minimum absolute atomic E-state index is 0.304. The number of hydrogen-bond donors (Lipinski definition) is 1. The second-order valence-corrected chi connectivity index (χ2v) is 7.40. The van der Waals surface area contributed by atoms with Crippen LogP contribution >= 0.6 is 11.3 Å². The summed E-state index contributed by atoms with van der Waals surface area (Å²) in [6.07, 6.45) is 0. The molecule has 2 aromatic carbocycles. The van der Waals surface area contributed by atoms with Gasteiger partial charge in [0, 0.05) is 10.6 Å². The molecule has 1 aromatic heterocycles. The Morgan fingerprint density at radius 3 is 2.37 bits per heavy atom. The maximum Gasteiger partial charge on any atom is 0.282 e. The molecule has 1 N–H and O–H groups in total. The minimum Gasteiger partial charge on any atom is -0.350 e. The van der Waals surface area contributed by atoms with Gasteiger partial charge in [-0.05, 0) is 54.6 Å². The second kappa shape index (κ2) is 6.85. The number of carbonyl (C=O) groups is 2. The predicted octanol–water partition coefficient (Wildman–Crippen LogP) is 4.76. The average molecular weight is 374 g/mol. The lowest BCUT2D eigenvalue weighted by atomic mass is 10.1. The van der Waals surface area contributed by atoms with Crippen molar-refractivity contribution in [3.8, 4) is 0 Å². The summed E-state index contributed by atoms with van der Waals surface area (Å²) in [6.45, 7) is 3.97. The monoisotopic (exact) mass is 374 g/mol. The average Bonchev–Trinajstić information content (AvgIpc) is 3.26. The summed E-state index contributed by atoms with van der Waals surface area (Å²) in [5, 5.41) is 5.15. The van der Waals surface area contributed by atoms with Gasteiger partial charge >= 0.3 is 0 Å². The second-order valence-electron chi connectivity index (χ2n) is 6.45. The summed E-state index contributed by atoms with van der Waals surface area (Å²) >= 11 is 1.45. The molecule has 4 nitrogen and oxygen atoms in total. The molecule has 0 spiro atoms. The number of benzene rings is 2. The van der Waals surface area contributed by atoms with E-state index in [4.69, 9.17) is 0 Å². The minimum atomic E-state index is -0.337. The van der Waals surface area contributed by atoms with Gasteiger partial charge in [-0.1, -0.05) is 36.4 Å². The molecule has 2 amide bonds. The fourth-order valence-corrected chi connectivity index (χ4v) is 3.88. The first-order valence-electron chi connectivity index (χ1n) is 8.62. The zero-order chi connectivity index (χ0) is 19.0. The molecule has 27 heavy (non-hydrogen) atoms. The zero-order valence-electron chi connectivity index (χ0n) is 15.0. The number of imide groups is 1. The van der Waals surface area contributed by atoms with E-state index >= 15 is 0 Å². The molecule has 2 heterocycles. The van der Waals surface area contributed by atoms with Gasteiger partial charge in [0.05, 0.1) is 11.3 Å². The Morgan fingerprint density at radius 2 is 1.67 bits per heavy atom. The van der Waals surface area contributed by atoms with Crippen molar-refractivity contribution in [2.75, 3.05) is 10.2 Å². The number of nitrogens with zero attached hydrogens (tertiary/aromatic N) is 1. The highest BCUT2D eigenvalue weighted by Crippen LogP contribution is 2.35. The third kappa shape index (κ3) is 3.06. The van der Waals surface area contributed by atoms with E-state index < -0.39 is 0 Å². The quantitative estimate of drug-likeness (QED) is 0.670. The number of amides is 2. The number of para-hydroxylation sites is 1. The highest BCUT2D eigenvalue weighted by Gasteiger charge is 2.40. The smallest absolute Gasteiger partial charge is 0.282 e. The Kier molecular flexibility index (Phi) is 4.38. The van der Waals surface area contributed by atoms with Crippen molar-refractivity contribution in [3.05, 3.63) is 87.7 Å². The molecule has 4 rings (SSSR count). The van der Waals surface area contributed by atoms with Crippen LogP contribution in [0.2, 0.25) is 0 Å². The third-order valence-electron chi connectivity index (χ3n) is 4.52. The first kappa shape index (κ1) is 17.2. The maximum atomic E-state index is 13.2. The van der Waals surface area contributed by atoms with Crippen LogP contribution in [0.3, 0.4) is 0 Å². The Labute approximate surface area is 161 Å². The lowest BCUT2D eigenvalue weighted by Gasteiger charge is -2.15. The van der Waals surface area contributed by atoms with Gasteiger partial charge in [-0.2, -0.15) is 0 Å². The van der Waals surface area contributed by atoms with Gasteiger partial charge in [-0.15, -0.1) is 11.3 Å². The van der Waals surface area contributed by atoms with Gasteiger partial charge in [-0.25, -0.2) is 4.90 Å². The Morgan fingerprint density at radius 1 is 0.889 bits per heavy atom. The maximum absolute atomic E-state index is 13.2. The van der Waals surface area contributed by atoms with Crippen LogP contribution < -0.4 is 10.2 Å². The first-order valence-corrected chi connectivity index (χ1v) is 9.50. The Hall–Kier alpha value is -3.18. The molecule has 0 bridgehead atoms. The highest BCUT2D eigenvalue weighted by molar-refractivity contribution is 7.11. The van der Waals surface area contributed by atoms with Crippen molar-refractivity contribution in [1.29, 1.82) is 0 Å².